The van der Waals surface area contributed by atoms with Gasteiger partial charge in [0.05, 0.1) is 0 Å². The van der Waals surface area contributed by atoms with Crippen molar-refractivity contribution < 1.29 is 9.50 Å². The highest BCUT2D eigenvalue weighted by molar-refractivity contribution is 5.85. The van der Waals surface area contributed by atoms with E-state index in [0.717, 1.165) is 6.42 Å². The van der Waals surface area contributed by atoms with Crippen LogP contribution in [-0.4, -0.2) is 5.11 Å². The summed E-state index contributed by atoms with van der Waals surface area (Å²) < 4.78 is 13.0. The molecule has 0 aliphatic rings. The largest absolute Gasteiger partial charge is 0.505 e. The summed E-state index contributed by atoms with van der Waals surface area (Å²) in [6.45, 7) is 4.06. The smallest absolute Gasteiger partial charge is 0.149 e. The maximum absolute atomic E-state index is 13.0. The summed E-state index contributed by atoms with van der Waals surface area (Å²) in [7, 11) is 0. The van der Waals surface area contributed by atoms with Gasteiger partial charge in [-0.2, -0.15) is 0 Å². The molecule has 0 aliphatic heterocycles. The molecule has 0 aromatic heterocycles. The molecule has 0 radical (unpaired) electrons. The normalized spacial score (nSPS) is 12.3. The Morgan fingerprint density at radius 1 is 1.38 bits per heavy atom. The molecular formula is C11H18ClFN2O. The molecule has 0 saturated carbocycles. The van der Waals surface area contributed by atoms with Crippen molar-refractivity contribution in [1.82, 2.24) is 0 Å². The van der Waals surface area contributed by atoms with Crippen LogP contribution in [0.4, 0.5) is 10.1 Å². The Morgan fingerprint density at radius 2 is 1.94 bits per heavy atom. The molecule has 5 heteroatoms. The summed E-state index contributed by atoms with van der Waals surface area (Å²) in [5.74, 6) is -0.443. The number of anilines is 1. The van der Waals surface area contributed by atoms with E-state index in [1.807, 2.05) is 13.8 Å². The van der Waals surface area contributed by atoms with Gasteiger partial charge in [-0.05, 0) is 18.4 Å². The molecule has 1 atom stereocenters. The summed E-state index contributed by atoms with van der Waals surface area (Å²) in [6.07, 6.45) is 0.721. The van der Waals surface area contributed by atoms with Gasteiger partial charge >= 0.3 is 0 Å². The standard InChI is InChI=1S/C11H17FN2O.ClH/c1-6(2)5-9(13)7-3-4-8(12)10(14)11(7)15;/h3-4,6,9,15H,5,13-14H2,1-2H3;1H/t9-;/m0./s1. The lowest BCUT2D eigenvalue weighted by molar-refractivity contribution is 0.443. The zero-order valence-electron chi connectivity index (χ0n) is 9.40. The fraction of sp³-hybridized carbons (Fsp3) is 0.455. The Labute approximate surface area is 101 Å². The minimum absolute atomic E-state index is 0. The Hall–Kier alpha value is -1.00. The highest BCUT2D eigenvalue weighted by Crippen LogP contribution is 2.33. The number of nitrogen functional groups attached to an aromatic ring is 1. The van der Waals surface area contributed by atoms with Crippen molar-refractivity contribution in [1.29, 1.82) is 0 Å². The molecule has 0 spiro atoms. The molecule has 0 amide bonds. The lowest BCUT2D eigenvalue weighted by Crippen LogP contribution is -2.13. The van der Waals surface area contributed by atoms with Crippen LogP contribution in [0.3, 0.4) is 0 Å². The molecule has 0 aliphatic carbocycles. The number of benzene rings is 1. The van der Waals surface area contributed by atoms with Gasteiger partial charge in [0.25, 0.3) is 0 Å². The quantitative estimate of drug-likeness (QED) is 0.569. The van der Waals surface area contributed by atoms with E-state index in [-0.39, 0.29) is 29.9 Å². The highest BCUT2D eigenvalue weighted by Gasteiger charge is 2.16. The Balaban J connectivity index is 0.00000225. The van der Waals surface area contributed by atoms with E-state index in [0.29, 0.717) is 11.5 Å². The summed E-state index contributed by atoms with van der Waals surface area (Å²) in [6, 6.07) is 2.39. The maximum atomic E-state index is 13.0. The van der Waals surface area contributed by atoms with Crippen molar-refractivity contribution in [2.75, 3.05) is 5.73 Å². The van der Waals surface area contributed by atoms with Crippen LogP contribution in [0.2, 0.25) is 0 Å². The Morgan fingerprint density at radius 3 is 2.44 bits per heavy atom. The topological polar surface area (TPSA) is 72.3 Å². The molecule has 0 fully saturated rings. The molecule has 0 heterocycles. The summed E-state index contributed by atoms with van der Waals surface area (Å²) >= 11 is 0. The molecule has 0 bridgehead atoms. The second-order valence-corrected chi connectivity index (χ2v) is 4.13. The third-order valence-electron chi connectivity index (χ3n) is 2.32. The van der Waals surface area contributed by atoms with E-state index in [4.69, 9.17) is 11.5 Å². The summed E-state index contributed by atoms with van der Waals surface area (Å²) in [4.78, 5) is 0. The predicted octanol–water partition coefficient (Wildman–Crippen LogP) is 2.58. The number of hydrogen-bond donors (Lipinski definition) is 3. The molecule has 0 saturated heterocycles. The number of hydrogen-bond acceptors (Lipinski definition) is 3. The van der Waals surface area contributed by atoms with Crippen molar-refractivity contribution in [3.05, 3.63) is 23.5 Å². The van der Waals surface area contributed by atoms with E-state index in [9.17, 15) is 9.50 Å². The first kappa shape index (κ1) is 15.0. The predicted molar refractivity (Wildman–Crippen MR) is 66.1 cm³/mol. The van der Waals surface area contributed by atoms with Gasteiger partial charge in [-0.15, -0.1) is 12.4 Å². The van der Waals surface area contributed by atoms with Crippen molar-refractivity contribution in [2.45, 2.75) is 26.3 Å². The zero-order valence-corrected chi connectivity index (χ0v) is 10.2. The van der Waals surface area contributed by atoms with E-state index in [2.05, 4.69) is 0 Å². The third kappa shape index (κ3) is 3.25. The van der Waals surface area contributed by atoms with Crippen molar-refractivity contribution in [3.63, 3.8) is 0 Å². The van der Waals surface area contributed by atoms with Crippen LogP contribution < -0.4 is 11.5 Å². The number of aromatic hydroxyl groups is 1. The number of halogens is 2. The lowest BCUT2D eigenvalue weighted by atomic mass is 9.96. The van der Waals surface area contributed by atoms with Crippen LogP contribution in [0, 0.1) is 11.7 Å². The monoisotopic (exact) mass is 248 g/mol. The van der Waals surface area contributed by atoms with Gasteiger partial charge in [0.1, 0.15) is 17.3 Å². The molecule has 16 heavy (non-hydrogen) atoms. The molecule has 3 nitrogen and oxygen atoms in total. The van der Waals surface area contributed by atoms with Gasteiger partial charge in [-0.1, -0.05) is 19.9 Å². The van der Waals surface area contributed by atoms with Gasteiger partial charge in [0.15, 0.2) is 0 Å². The average Bonchev–Trinajstić information content (AvgIpc) is 2.13. The van der Waals surface area contributed by atoms with Crippen LogP contribution in [0.5, 0.6) is 5.75 Å². The lowest BCUT2D eigenvalue weighted by Gasteiger charge is -2.16. The molecule has 1 aromatic carbocycles. The van der Waals surface area contributed by atoms with Crippen LogP contribution >= 0.6 is 12.4 Å². The summed E-state index contributed by atoms with van der Waals surface area (Å²) in [5.41, 5.74) is 11.5. The SMILES string of the molecule is CC(C)C[C@H](N)c1ccc(F)c(N)c1O.Cl. The van der Waals surface area contributed by atoms with Crippen LogP contribution in [-0.2, 0) is 0 Å². The maximum Gasteiger partial charge on any atom is 0.149 e. The first-order valence-corrected chi connectivity index (χ1v) is 4.96. The van der Waals surface area contributed by atoms with Gasteiger partial charge in [-0.3, -0.25) is 0 Å². The van der Waals surface area contributed by atoms with E-state index in [1.165, 1.54) is 12.1 Å². The first-order chi connectivity index (χ1) is 6.93. The number of rotatable bonds is 3. The Kier molecular flexibility index (Phi) is 5.55. The molecule has 92 valence electrons. The van der Waals surface area contributed by atoms with Gasteiger partial charge in [-0.25, -0.2) is 4.39 Å². The fourth-order valence-corrected chi connectivity index (χ4v) is 1.53. The number of phenolic OH excluding ortho intramolecular Hbond substituents is 1. The fourth-order valence-electron chi connectivity index (χ4n) is 1.53. The zero-order chi connectivity index (χ0) is 11.6. The number of phenols is 1. The van der Waals surface area contributed by atoms with Crippen LogP contribution in [0.25, 0.3) is 0 Å². The molecule has 5 N–H and O–H groups in total. The molecule has 1 aromatic rings. The second kappa shape index (κ2) is 5.92. The summed E-state index contributed by atoms with van der Waals surface area (Å²) in [5, 5.41) is 9.62. The second-order valence-electron chi connectivity index (χ2n) is 4.13. The number of nitrogens with two attached hydrogens (primary N) is 2. The molecular weight excluding hydrogens is 231 g/mol. The van der Waals surface area contributed by atoms with E-state index >= 15 is 0 Å². The van der Waals surface area contributed by atoms with E-state index < -0.39 is 5.82 Å². The van der Waals surface area contributed by atoms with E-state index in [1.54, 1.807) is 0 Å². The van der Waals surface area contributed by atoms with Gasteiger partial charge < -0.3 is 16.6 Å². The highest BCUT2D eigenvalue weighted by atomic mass is 35.5. The molecule has 1 rings (SSSR count). The van der Waals surface area contributed by atoms with Crippen LogP contribution in [0.1, 0.15) is 31.9 Å². The minimum atomic E-state index is -0.618. The molecule has 0 unspecified atom stereocenters. The Bertz CT molecular complexity index is 358. The van der Waals surface area contributed by atoms with Crippen molar-refractivity contribution >= 4 is 18.1 Å². The van der Waals surface area contributed by atoms with Crippen molar-refractivity contribution in [3.8, 4) is 5.75 Å². The van der Waals surface area contributed by atoms with Crippen molar-refractivity contribution in [2.24, 2.45) is 11.7 Å². The first-order valence-electron chi connectivity index (χ1n) is 4.96. The average molecular weight is 249 g/mol. The van der Waals surface area contributed by atoms with Gasteiger partial charge in [0.2, 0.25) is 0 Å². The third-order valence-corrected chi connectivity index (χ3v) is 2.32. The van der Waals surface area contributed by atoms with Gasteiger partial charge in [0, 0.05) is 11.6 Å². The minimum Gasteiger partial charge on any atom is -0.505 e. The van der Waals surface area contributed by atoms with Crippen LogP contribution in [0.15, 0.2) is 12.1 Å².